The highest BCUT2D eigenvalue weighted by Crippen LogP contribution is 2.23. The van der Waals surface area contributed by atoms with Crippen molar-refractivity contribution >= 4 is 27.7 Å². The van der Waals surface area contributed by atoms with Gasteiger partial charge in [0.1, 0.15) is 0 Å². The molecule has 0 saturated carbocycles. The summed E-state index contributed by atoms with van der Waals surface area (Å²) in [7, 11) is 0. The fraction of sp³-hybridized carbons (Fsp3) is 0.789. The Balaban J connectivity index is 4.05. The zero-order valence-electron chi connectivity index (χ0n) is 17.7. The van der Waals surface area contributed by atoms with Gasteiger partial charge in [-0.15, -0.1) is 0 Å². The van der Waals surface area contributed by atoms with Crippen LogP contribution in [0.5, 0.6) is 0 Å². The normalized spacial score (nSPS) is 12.6. The lowest BCUT2D eigenvalue weighted by molar-refractivity contribution is -0.121. The average Bonchev–Trinajstić information content (AvgIpc) is 2.61. The molecule has 0 unspecified atom stereocenters. The molecule has 0 radical (unpaired) electrons. The largest absolute Gasteiger partial charge is 0.401 e. The highest BCUT2D eigenvalue weighted by molar-refractivity contribution is 9.09. The molecule has 0 bridgehead atoms. The number of carbonyl (C=O) groups is 2. The van der Waals surface area contributed by atoms with E-state index in [9.17, 15) is 9.59 Å². The Kier molecular flexibility index (Phi) is 13.1. The molecular formula is C19H38BrN5O3. The third-order valence-corrected chi connectivity index (χ3v) is 4.85. The molecular weight excluding hydrogens is 426 g/mol. The first-order valence-electron chi connectivity index (χ1n) is 9.65. The van der Waals surface area contributed by atoms with Crippen molar-refractivity contribution in [1.82, 2.24) is 16.1 Å². The fourth-order valence-electron chi connectivity index (χ4n) is 2.42. The van der Waals surface area contributed by atoms with Crippen LogP contribution in [0.25, 0.3) is 0 Å². The number of halogens is 1. The van der Waals surface area contributed by atoms with E-state index in [1.165, 1.54) is 6.20 Å². The van der Waals surface area contributed by atoms with E-state index in [4.69, 9.17) is 16.3 Å². The number of nitrogens with one attached hydrogen (secondary N) is 3. The average molecular weight is 464 g/mol. The van der Waals surface area contributed by atoms with Gasteiger partial charge in [-0.25, -0.2) is 0 Å². The van der Waals surface area contributed by atoms with E-state index in [2.05, 4.69) is 59.7 Å². The molecule has 28 heavy (non-hydrogen) atoms. The standard InChI is InChI=1S/C19H38BrN5O3/c1-18(2,14-24-16(26)7-6-15(21)13-25-22)9-11-28-19(3,4)8-5-10-23-17(27)12-20/h13,25H,5-12,14,21-22H2,1-4H3,(H,23,27)(H,24,26)/b15-13-. The van der Waals surface area contributed by atoms with Crippen LogP contribution in [-0.4, -0.2) is 42.4 Å². The lowest BCUT2D eigenvalue weighted by Crippen LogP contribution is -2.36. The fourth-order valence-corrected chi connectivity index (χ4v) is 2.61. The van der Waals surface area contributed by atoms with Crippen molar-refractivity contribution in [3.63, 3.8) is 0 Å². The zero-order chi connectivity index (χ0) is 21.6. The van der Waals surface area contributed by atoms with Crippen molar-refractivity contribution in [2.45, 2.75) is 65.4 Å². The number of ether oxygens (including phenoxy) is 1. The highest BCUT2D eigenvalue weighted by atomic mass is 79.9. The lowest BCUT2D eigenvalue weighted by atomic mass is 9.89. The van der Waals surface area contributed by atoms with Crippen LogP contribution in [0.2, 0.25) is 0 Å². The van der Waals surface area contributed by atoms with E-state index in [0.717, 1.165) is 19.3 Å². The maximum atomic E-state index is 11.9. The molecule has 0 spiro atoms. The van der Waals surface area contributed by atoms with Crippen LogP contribution in [0.4, 0.5) is 0 Å². The van der Waals surface area contributed by atoms with Gasteiger partial charge in [-0.2, -0.15) is 0 Å². The molecule has 0 aliphatic carbocycles. The van der Waals surface area contributed by atoms with Crippen molar-refractivity contribution in [3.05, 3.63) is 11.9 Å². The predicted molar refractivity (Wildman–Crippen MR) is 116 cm³/mol. The second kappa shape index (κ2) is 13.8. The molecule has 164 valence electrons. The van der Waals surface area contributed by atoms with E-state index in [-0.39, 0.29) is 22.8 Å². The van der Waals surface area contributed by atoms with Crippen LogP contribution in [0, 0.1) is 5.41 Å². The van der Waals surface area contributed by atoms with E-state index in [1.54, 1.807) is 0 Å². The summed E-state index contributed by atoms with van der Waals surface area (Å²) in [5, 5.41) is 6.11. The number of hydrogen-bond donors (Lipinski definition) is 5. The van der Waals surface area contributed by atoms with Gasteiger partial charge < -0.3 is 26.5 Å². The zero-order valence-corrected chi connectivity index (χ0v) is 19.3. The second-order valence-electron chi connectivity index (χ2n) is 8.27. The molecule has 0 atom stereocenters. The Hall–Kier alpha value is -1.32. The van der Waals surface area contributed by atoms with Gasteiger partial charge in [0.15, 0.2) is 0 Å². The predicted octanol–water partition coefficient (Wildman–Crippen LogP) is 1.65. The SMILES string of the molecule is CC(C)(CCOC(C)(C)CCCNC(=O)CBr)CNC(=O)CC/C(N)=C/NN. The summed E-state index contributed by atoms with van der Waals surface area (Å²) in [5.74, 6) is 5.11. The monoisotopic (exact) mass is 463 g/mol. The Bertz CT molecular complexity index is 510. The van der Waals surface area contributed by atoms with E-state index in [1.807, 2.05) is 0 Å². The molecule has 0 aromatic carbocycles. The van der Waals surface area contributed by atoms with Crippen LogP contribution >= 0.6 is 15.9 Å². The van der Waals surface area contributed by atoms with Crippen LogP contribution < -0.4 is 27.6 Å². The molecule has 0 rings (SSSR count). The summed E-state index contributed by atoms with van der Waals surface area (Å²) >= 11 is 3.12. The molecule has 7 N–H and O–H groups in total. The van der Waals surface area contributed by atoms with Gasteiger partial charge in [0.2, 0.25) is 11.8 Å². The van der Waals surface area contributed by atoms with Crippen molar-refractivity contribution in [2.24, 2.45) is 17.0 Å². The second-order valence-corrected chi connectivity index (χ2v) is 8.83. The minimum absolute atomic E-state index is 0.00252. The lowest BCUT2D eigenvalue weighted by Gasteiger charge is -2.30. The quantitative estimate of drug-likeness (QED) is 0.108. The Morgan fingerprint density at radius 2 is 1.75 bits per heavy atom. The summed E-state index contributed by atoms with van der Waals surface area (Å²) < 4.78 is 6.03. The summed E-state index contributed by atoms with van der Waals surface area (Å²) in [6, 6.07) is 0. The smallest absolute Gasteiger partial charge is 0.230 e. The van der Waals surface area contributed by atoms with Gasteiger partial charge in [-0.1, -0.05) is 29.8 Å². The van der Waals surface area contributed by atoms with Crippen LogP contribution in [0.15, 0.2) is 11.9 Å². The molecule has 0 fully saturated rings. The van der Waals surface area contributed by atoms with Gasteiger partial charge in [-0.05, 0) is 44.9 Å². The topological polar surface area (TPSA) is 132 Å². The maximum Gasteiger partial charge on any atom is 0.230 e. The minimum Gasteiger partial charge on any atom is -0.401 e. The van der Waals surface area contributed by atoms with E-state index < -0.39 is 0 Å². The Morgan fingerprint density at radius 3 is 2.36 bits per heavy atom. The molecule has 0 aliphatic heterocycles. The van der Waals surface area contributed by atoms with Crippen molar-refractivity contribution < 1.29 is 14.3 Å². The van der Waals surface area contributed by atoms with Gasteiger partial charge in [-0.3, -0.25) is 15.4 Å². The van der Waals surface area contributed by atoms with Crippen LogP contribution in [-0.2, 0) is 14.3 Å². The molecule has 0 heterocycles. The number of amides is 2. The van der Waals surface area contributed by atoms with Crippen molar-refractivity contribution in [3.8, 4) is 0 Å². The summed E-state index contributed by atoms with van der Waals surface area (Å²) in [6.45, 7) is 10.2. The molecule has 0 aromatic rings. The number of nitrogens with two attached hydrogens (primary N) is 2. The van der Waals surface area contributed by atoms with Gasteiger partial charge in [0.05, 0.1) is 10.9 Å². The van der Waals surface area contributed by atoms with E-state index in [0.29, 0.717) is 43.6 Å². The van der Waals surface area contributed by atoms with E-state index >= 15 is 0 Å². The number of hydrazine groups is 1. The molecule has 8 nitrogen and oxygen atoms in total. The first-order chi connectivity index (χ1) is 13.0. The summed E-state index contributed by atoms with van der Waals surface area (Å²) in [6.07, 6.45) is 4.82. The molecule has 0 saturated heterocycles. The molecule has 0 aromatic heterocycles. The van der Waals surface area contributed by atoms with Gasteiger partial charge >= 0.3 is 0 Å². The highest BCUT2D eigenvalue weighted by Gasteiger charge is 2.22. The van der Waals surface area contributed by atoms with Gasteiger partial charge in [0.25, 0.3) is 0 Å². The van der Waals surface area contributed by atoms with Crippen LogP contribution in [0.3, 0.4) is 0 Å². The van der Waals surface area contributed by atoms with Crippen molar-refractivity contribution in [2.75, 3.05) is 25.0 Å². The van der Waals surface area contributed by atoms with Crippen LogP contribution in [0.1, 0.15) is 59.8 Å². The third kappa shape index (κ3) is 14.7. The van der Waals surface area contributed by atoms with Crippen molar-refractivity contribution in [1.29, 1.82) is 0 Å². The minimum atomic E-state index is -0.251. The Morgan fingerprint density at radius 1 is 1.07 bits per heavy atom. The summed E-state index contributed by atoms with van der Waals surface area (Å²) in [5.41, 5.74) is 8.26. The number of hydrogen-bond acceptors (Lipinski definition) is 6. The number of alkyl halides is 1. The number of allylic oxidation sites excluding steroid dienone is 1. The first kappa shape index (κ1) is 26.7. The third-order valence-electron chi connectivity index (χ3n) is 4.34. The molecule has 0 aliphatic rings. The Labute approximate surface area is 177 Å². The molecule has 9 heteroatoms. The maximum absolute atomic E-state index is 11.9. The molecule has 2 amide bonds. The van der Waals surface area contributed by atoms with Gasteiger partial charge in [0, 0.05) is 38.0 Å². The number of rotatable bonds is 15. The summed E-state index contributed by atoms with van der Waals surface area (Å²) in [4.78, 5) is 23.1. The first-order valence-corrected chi connectivity index (χ1v) is 10.8. The number of carbonyl (C=O) groups excluding carboxylic acids is 2.